The Labute approximate surface area is 220 Å². The molecule has 1 aliphatic rings. The fraction of sp³-hybridized carbons (Fsp3) is 0.179. The number of aromatic amines is 2. The molecule has 0 atom stereocenters. The van der Waals surface area contributed by atoms with Crippen LogP contribution in [-0.4, -0.2) is 59.0 Å². The van der Waals surface area contributed by atoms with Crippen LogP contribution in [0.3, 0.4) is 0 Å². The van der Waals surface area contributed by atoms with E-state index in [2.05, 4.69) is 35.1 Å². The summed E-state index contributed by atoms with van der Waals surface area (Å²) in [6.07, 6.45) is 6.54. The summed E-state index contributed by atoms with van der Waals surface area (Å²) in [5, 5.41) is 8.22. The molecule has 8 nitrogen and oxygen atoms in total. The van der Waals surface area contributed by atoms with E-state index in [0.29, 0.717) is 58.1 Å². The van der Waals surface area contributed by atoms with Gasteiger partial charge in [0.25, 0.3) is 5.92 Å². The van der Waals surface area contributed by atoms with Crippen LogP contribution in [0.15, 0.2) is 67.3 Å². The maximum atomic E-state index is 14.6. The first-order valence-corrected chi connectivity index (χ1v) is 12.4. The van der Waals surface area contributed by atoms with Crippen LogP contribution in [0.4, 0.5) is 13.2 Å². The number of likely N-dealkylation sites (tertiary alicyclic amines) is 1. The summed E-state index contributed by atoms with van der Waals surface area (Å²) in [5.41, 5.74) is 5.68. The van der Waals surface area contributed by atoms with Crippen molar-refractivity contribution in [2.45, 2.75) is 18.9 Å². The van der Waals surface area contributed by atoms with E-state index in [1.54, 1.807) is 54.0 Å². The topological polar surface area (TPSA) is 99.3 Å². The Morgan fingerprint density at radius 2 is 1.90 bits per heavy atom. The Morgan fingerprint density at radius 3 is 2.74 bits per heavy atom. The first-order valence-electron chi connectivity index (χ1n) is 12.4. The van der Waals surface area contributed by atoms with E-state index in [-0.39, 0.29) is 18.8 Å². The average Bonchev–Trinajstić information content (AvgIpc) is 3.64. The maximum absolute atomic E-state index is 14.6. The molecule has 0 aliphatic carbocycles. The molecule has 0 unspecified atom stereocenters. The molecule has 11 heteroatoms. The van der Waals surface area contributed by atoms with Crippen molar-refractivity contribution in [2.75, 3.05) is 13.1 Å². The third-order valence-electron chi connectivity index (χ3n) is 6.97. The van der Waals surface area contributed by atoms with E-state index in [1.807, 2.05) is 12.1 Å². The highest BCUT2D eigenvalue weighted by Crippen LogP contribution is 2.33. The van der Waals surface area contributed by atoms with E-state index in [1.165, 1.54) is 6.07 Å². The molecular formula is C28H21F3N8. The van der Waals surface area contributed by atoms with Gasteiger partial charge in [0.2, 0.25) is 0 Å². The average molecular weight is 527 g/mol. The molecule has 0 spiro atoms. The number of hydrogen-bond acceptors (Lipinski definition) is 6. The molecule has 1 aromatic carbocycles. The van der Waals surface area contributed by atoms with E-state index >= 15 is 0 Å². The third kappa shape index (κ3) is 4.30. The van der Waals surface area contributed by atoms with Gasteiger partial charge >= 0.3 is 0 Å². The molecule has 1 saturated heterocycles. The Bertz CT molecular complexity index is 1840. The van der Waals surface area contributed by atoms with Gasteiger partial charge < -0.3 is 4.98 Å². The summed E-state index contributed by atoms with van der Waals surface area (Å²) in [6, 6.07) is 12.1. The number of fused-ring (bicyclic) bond motifs is 2. The molecule has 0 amide bonds. The first kappa shape index (κ1) is 23.5. The number of nitrogens with zero attached hydrogens (tertiary/aromatic N) is 6. The van der Waals surface area contributed by atoms with Crippen LogP contribution in [0.25, 0.3) is 56.0 Å². The highest BCUT2D eigenvalue weighted by molar-refractivity contribution is 5.96. The monoisotopic (exact) mass is 526 g/mol. The summed E-state index contributed by atoms with van der Waals surface area (Å²) < 4.78 is 41.8. The van der Waals surface area contributed by atoms with Crippen molar-refractivity contribution >= 4 is 22.1 Å². The predicted octanol–water partition coefficient (Wildman–Crippen LogP) is 5.61. The van der Waals surface area contributed by atoms with Crippen molar-refractivity contribution < 1.29 is 13.2 Å². The molecule has 0 bridgehead atoms. The number of imidazole rings is 1. The molecule has 0 radical (unpaired) electrons. The highest BCUT2D eigenvalue weighted by Gasteiger charge is 2.37. The minimum absolute atomic E-state index is 0.124. The molecular weight excluding hydrogens is 505 g/mol. The largest absolute Gasteiger partial charge is 0.335 e. The van der Waals surface area contributed by atoms with Crippen LogP contribution in [0.1, 0.15) is 12.0 Å². The molecule has 0 saturated carbocycles. The van der Waals surface area contributed by atoms with Crippen LogP contribution in [-0.2, 0) is 6.54 Å². The lowest BCUT2D eigenvalue weighted by molar-refractivity contribution is 0.0115. The minimum Gasteiger partial charge on any atom is -0.335 e. The van der Waals surface area contributed by atoms with Crippen LogP contribution >= 0.6 is 0 Å². The molecule has 1 aliphatic heterocycles. The molecule has 39 heavy (non-hydrogen) atoms. The van der Waals surface area contributed by atoms with Crippen LogP contribution in [0.2, 0.25) is 0 Å². The Balaban J connectivity index is 1.25. The second-order valence-corrected chi connectivity index (χ2v) is 9.71. The summed E-state index contributed by atoms with van der Waals surface area (Å²) in [4.78, 5) is 22.9. The van der Waals surface area contributed by atoms with E-state index in [9.17, 15) is 13.2 Å². The Morgan fingerprint density at radius 1 is 1.00 bits per heavy atom. The normalized spacial score (nSPS) is 15.5. The second-order valence-electron chi connectivity index (χ2n) is 9.71. The lowest BCUT2D eigenvalue weighted by atomic mass is 10.1. The van der Waals surface area contributed by atoms with E-state index < -0.39 is 5.92 Å². The number of H-pyrrole nitrogens is 2. The third-order valence-corrected chi connectivity index (χ3v) is 6.97. The Kier molecular flexibility index (Phi) is 5.41. The van der Waals surface area contributed by atoms with Gasteiger partial charge in [0.15, 0.2) is 11.5 Å². The fourth-order valence-electron chi connectivity index (χ4n) is 5.10. The smallest absolute Gasteiger partial charge is 0.261 e. The number of halogens is 3. The molecule has 7 rings (SSSR count). The van der Waals surface area contributed by atoms with Crippen molar-refractivity contribution in [1.82, 2.24) is 40.0 Å². The van der Waals surface area contributed by atoms with Crippen LogP contribution in [0, 0.1) is 5.82 Å². The summed E-state index contributed by atoms with van der Waals surface area (Å²) >= 11 is 0. The molecule has 1 fully saturated rings. The minimum atomic E-state index is -2.64. The summed E-state index contributed by atoms with van der Waals surface area (Å²) in [5.74, 6) is -2.50. The first-order chi connectivity index (χ1) is 18.9. The van der Waals surface area contributed by atoms with Crippen molar-refractivity contribution in [3.8, 4) is 33.9 Å². The van der Waals surface area contributed by atoms with E-state index in [0.717, 1.165) is 16.5 Å². The van der Waals surface area contributed by atoms with Gasteiger partial charge in [0.05, 0.1) is 29.5 Å². The lowest BCUT2D eigenvalue weighted by Crippen LogP contribution is -2.24. The number of alkyl halides is 2. The van der Waals surface area contributed by atoms with Gasteiger partial charge in [-0.25, -0.2) is 23.1 Å². The van der Waals surface area contributed by atoms with Crippen LogP contribution < -0.4 is 0 Å². The number of rotatable bonds is 5. The number of hydrogen-bond donors (Lipinski definition) is 2. The number of pyridine rings is 3. The van der Waals surface area contributed by atoms with Gasteiger partial charge in [-0.15, -0.1) is 0 Å². The predicted molar refractivity (Wildman–Crippen MR) is 140 cm³/mol. The van der Waals surface area contributed by atoms with Crippen LogP contribution in [0.5, 0.6) is 0 Å². The van der Waals surface area contributed by atoms with Gasteiger partial charge in [0, 0.05) is 60.2 Å². The van der Waals surface area contributed by atoms with Crippen molar-refractivity contribution in [3.05, 3.63) is 78.6 Å². The standard InChI is InChI=1S/C28H21F3N8/c29-21-4-2-1-3-18(21)19-5-7-33-26-24(19)35-27(36-26)25-20-10-22(34-13-23(20)37-38-25)17-9-16(11-32-12-17)14-39-8-6-28(30,31)15-39/h1-5,7,9-13H,6,8,14-15H2,(H,37,38)(H,33,35,36). The summed E-state index contributed by atoms with van der Waals surface area (Å²) in [7, 11) is 0. The fourth-order valence-corrected chi connectivity index (χ4v) is 5.10. The lowest BCUT2D eigenvalue weighted by Gasteiger charge is -2.15. The van der Waals surface area contributed by atoms with Crippen molar-refractivity contribution in [3.63, 3.8) is 0 Å². The quantitative estimate of drug-likeness (QED) is 0.303. The molecule has 6 aromatic rings. The van der Waals surface area contributed by atoms with Gasteiger partial charge in [-0.05, 0) is 29.8 Å². The number of benzene rings is 1. The molecule has 194 valence electrons. The number of aromatic nitrogens is 7. The van der Waals surface area contributed by atoms with Crippen molar-refractivity contribution in [1.29, 1.82) is 0 Å². The van der Waals surface area contributed by atoms with Gasteiger partial charge in [-0.3, -0.25) is 20.0 Å². The summed E-state index contributed by atoms with van der Waals surface area (Å²) in [6.45, 7) is 0.502. The molecule has 5 aromatic heterocycles. The zero-order chi connectivity index (χ0) is 26.6. The molecule has 6 heterocycles. The van der Waals surface area contributed by atoms with E-state index in [4.69, 9.17) is 0 Å². The van der Waals surface area contributed by atoms with Gasteiger partial charge in [-0.2, -0.15) is 5.10 Å². The SMILES string of the molecule is Fc1ccccc1-c1ccnc2nc(-c3n[nH]c4cnc(-c5cncc(CN6CCC(F)(F)C6)c5)cc34)[nH]c12. The highest BCUT2D eigenvalue weighted by atomic mass is 19.3. The Hall–Kier alpha value is -4.64. The zero-order valence-electron chi connectivity index (χ0n) is 20.5. The van der Waals surface area contributed by atoms with Gasteiger partial charge in [-0.1, -0.05) is 18.2 Å². The van der Waals surface area contributed by atoms with Gasteiger partial charge in [0.1, 0.15) is 11.5 Å². The second kappa shape index (κ2) is 8.98. The zero-order valence-corrected chi connectivity index (χ0v) is 20.5. The maximum Gasteiger partial charge on any atom is 0.261 e. The molecule has 2 N–H and O–H groups in total. The number of nitrogens with one attached hydrogen (secondary N) is 2. The van der Waals surface area contributed by atoms with Crippen molar-refractivity contribution in [2.24, 2.45) is 0 Å².